The van der Waals surface area contributed by atoms with E-state index in [1.807, 2.05) is 13.8 Å². The van der Waals surface area contributed by atoms with E-state index in [9.17, 15) is 8.78 Å². The number of rotatable bonds is 1. The Morgan fingerprint density at radius 2 is 1.88 bits per heavy atom. The quantitative estimate of drug-likeness (QED) is 0.804. The van der Waals surface area contributed by atoms with Crippen molar-refractivity contribution in [2.75, 3.05) is 5.73 Å². The van der Waals surface area contributed by atoms with Gasteiger partial charge in [-0.25, -0.2) is 13.8 Å². The Morgan fingerprint density at radius 3 is 2.50 bits per heavy atom. The van der Waals surface area contributed by atoms with Gasteiger partial charge in [-0.05, 0) is 18.1 Å². The second kappa shape index (κ2) is 3.70. The van der Waals surface area contributed by atoms with Crippen molar-refractivity contribution in [1.82, 2.24) is 4.98 Å². The van der Waals surface area contributed by atoms with Crippen molar-refractivity contribution in [3.8, 4) is 0 Å². The first kappa shape index (κ1) is 10.8. The van der Waals surface area contributed by atoms with Crippen LogP contribution in [-0.2, 0) is 0 Å². The Kier molecular flexibility index (Phi) is 2.50. The zero-order valence-electron chi connectivity index (χ0n) is 9.09. The maximum absolute atomic E-state index is 13.6. The number of pyridine rings is 1. The van der Waals surface area contributed by atoms with E-state index < -0.39 is 11.6 Å². The molecule has 16 heavy (non-hydrogen) atoms. The lowest BCUT2D eigenvalue weighted by Gasteiger charge is -2.11. The summed E-state index contributed by atoms with van der Waals surface area (Å²) in [5, 5.41) is 0.305. The van der Waals surface area contributed by atoms with Crippen LogP contribution in [0.1, 0.15) is 25.3 Å². The second-order valence-corrected chi connectivity index (χ2v) is 4.04. The normalized spacial score (nSPS) is 11.3. The molecule has 0 spiro atoms. The molecule has 0 bridgehead atoms. The Morgan fingerprint density at radius 1 is 1.19 bits per heavy atom. The van der Waals surface area contributed by atoms with Gasteiger partial charge < -0.3 is 5.73 Å². The third-order valence-electron chi connectivity index (χ3n) is 2.52. The summed E-state index contributed by atoms with van der Waals surface area (Å²) >= 11 is 0. The van der Waals surface area contributed by atoms with Crippen molar-refractivity contribution < 1.29 is 8.78 Å². The number of benzene rings is 1. The van der Waals surface area contributed by atoms with Crippen LogP contribution in [-0.4, -0.2) is 4.98 Å². The van der Waals surface area contributed by atoms with Crippen LogP contribution in [0.15, 0.2) is 18.2 Å². The van der Waals surface area contributed by atoms with E-state index in [0.717, 1.165) is 6.07 Å². The van der Waals surface area contributed by atoms with Crippen molar-refractivity contribution in [2.24, 2.45) is 0 Å². The average Bonchev–Trinajstić information content (AvgIpc) is 2.15. The first-order valence-electron chi connectivity index (χ1n) is 5.05. The summed E-state index contributed by atoms with van der Waals surface area (Å²) in [4.78, 5) is 4.02. The van der Waals surface area contributed by atoms with Gasteiger partial charge in [0, 0.05) is 17.0 Å². The maximum atomic E-state index is 13.6. The average molecular weight is 222 g/mol. The van der Waals surface area contributed by atoms with Crippen LogP contribution in [0.25, 0.3) is 10.9 Å². The van der Waals surface area contributed by atoms with Crippen molar-refractivity contribution in [3.05, 3.63) is 35.4 Å². The third-order valence-corrected chi connectivity index (χ3v) is 2.52. The number of halogens is 2. The van der Waals surface area contributed by atoms with Gasteiger partial charge in [0.05, 0.1) is 5.52 Å². The molecule has 0 atom stereocenters. The van der Waals surface area contributed by atoms with Crippen LogP contribution in [0.2, 0.25) is 0 Å². The van der Waals surface area contributed by atoms with Crippen molar-refractivity contribution in [1.29, 1.82) is 0 Å². The van der Waals surface area contributed by atoms with Gasteiger partial charge >= 0.3 is 0 Å². The van der Waals surface area contributed by atoms with E-state index in [0.29, 0.717) is 16.5 Å². The fourth-order valence-corrected chi connectivity index (χ4v) is 1.80. The summed E-state index contributed by atoms with van der Waals surface area (Å²) in [5.41, 5.74) is 6.26. The van der Waals surface area contributed by atoms with Gasteiger partial charge in [0.25, 0.3) is 0 Å². The molecule has 0 aliphatic heterocycles. The van der Waals surface area contributed by atoms with E-state index in [2.05, 4.69) is 4.98 Å². The fourth-order valence-electron chi connectivity index (χ4n) is 1.80. The SMILES string of the molecule is CC(C)c1c(F)cc(F)c2ccc(N)nc12. The first-order valence-corrected chi connectivity index (χ1v) is 5.05. The van der Waals surface area contributed by atoms with Crippen LogP contribution >= 0.6 is 0 Å². The monoisotopic (exact) mass is 222 g/mol. The van der Waals surface area contributed by atoms with Crippen LogP contribution in [0, 0.1) is 11.6 Å². The summed E-state index contributed by atoms with van der Waals surface area (Å²) in [6, 6.07) is 3.93. The molecular weight excluding hydrogens is 210 g/mol. The van der Waals surface area contributed by atoms with Crippen LogP contribution < -0.4 is 5.73 Å². The van der Waals surface area contributed by atoms with Gasteiger partial charge in [-0.15, -0.1) is 0 Å². The highest BCUT2D eigenvalue weighted by Crippen LogP contribution is 2.29. The number of nitrogens with zero attached hydrogens (tertiary/aromatic N) is 1. The van der Waals surface area contributed by atoms with Crippen LogP contribution in [0.4, 0.5) is 14.6 Å². The summed E-state index contributed by atoms with van der Waals surface area (Å²) in [7, 11) is 0. The van der Waals surface area contributed by atoms with Gasteiger partial charge in [-0.1, -0.05) is 13.8 Å². The van der Waals surface area contributed by atoms with E-state index in [1.54, 1.807) is 0 Å². The van der Waals surface area contributed by atoms with Crippen molar-refractivity contribution >= 4 is 16.7 Å². The van der Waals surface area contributed by atoms with E-state index >= 15 is 0 Å². The van der Waals surface area contributed by atoms with Gasteiger partial charge in [0.2, 0.25) is 0 Å². The molecule has 2 aromatic rings. The molecule has 1 heterocycles. The highest BCUT2D eigenvalue weighted by molar-refractivity contribution is 5.84. The molecule has 0 radical (unpaired) electrons. The highest BCUT2D eigenvalue weighted by Gasteiger charge is 2.16. The summed E-state index contributed by atoms with van der Waals surface area (Å²) in [6.07, 6.45) is 0. The number of hydrogen-bond donors (Lipinski definition) is 1. The van der Waals surface area contributed by atoms with Crippen LogP contribution in [0.5, 0.6) is 0 Å². The lowest BCUT2D eigenvalue weighted by molar-refractivity contribution is 0.573. The minimum absolute atomic E-state index is 0.0719. The second-order valence-electron chi connectivity index (χ2n) is 4.04. The number of fused-ring (bicyclic) bond motifs is 1. The summed E-state index contributed by atoms with van der Waals surface area (Å²) < 4.78 is 27.1. The van der Waals surface area contributed by atoms with E-state index in [1.165, 1.54) is 12.1 Å². The molecule has 2 nitrogen and oxygen atoms in total. The standard InChI is InChI=1S/C12H12F2N2/c1-6(2)11-9(14)5-8(13)7-3-4-10(15)16-12(7)11/h3-6H,1-2H3,(H2,15,16). The summed E-state index contributed by atoms with van der Waals surface area (Å²) in [6.45, 7) is 3.67. The number of nitrogens with two attached hydrogens (primary N) is 1. The number of aromatic nitrogens is 1. The summed E-state index contributed by atoms with van der Waals surface area (Å²) in [5.74, 6) is -0.987. The zero-order valence-corrected chi connectivity index (χ0v) is 9.09. The molecule has 4 heteroatoms. The molecule has 84 valence electrons. The van der Waals surface area contributed by atoms with Crippen molar-refractivity contribution in [2.45, 2.75) is 19.8 Å². The minimum atomic E-state index is -0.607. The fraction of sp³-hybridized carbons (Fsp3) is 0.250. The van der Waals surface area contributed by atoms with Gasteiger partial charge in [0.1, 0.15) is 17.5 Å². The number of anilines is 1. The lowest BCUT2D eigenvalue weighted by Crippen LogP contribution is -2.01. The maximum Gasteiger partial charge on any atom is 0.135 e. The molecule has 1 aromatic carbocycles. The van der Waals surface area contributed by atoms with E-state index in [-0.39, 0.29) is 11.7 Å². The number of hydrogen-bond acceptors (Lipinski definition) is 2. The molecule has 0 aliphatic carbocycles. The van der Waals surface area contributed by atoms with Gasteiger partial charge in [-0.3, -0.25) is 0 Å². The smallest absolute Gasteiger partial charge is 0.135 e. The number of nitrogen functional groups attached to an aromatic ring is 1. The van der Waals surface area contributed by atoms with Gasteiger partial charge in [0.15, 0.2) is 0 Å². The molecule has 2 rings (SSSR count). The van der Waals surface area contributed by atoms with Crippen LogP contribution in [0.3, 0.4) is 0 Å². The lowest BCUT2D eigenvalue weighted by atomic mass is 9.98. The molecule has 0 saturated carbocycles. The predicted molar refractivity (Wildman–Crippen MR) is 60.2 cm³/mol. The Hall–Kier alpha value is -1.71. The minimum Gasteiger partial charge on any atom is -0.384 e. The Bertz CT molecular complexity index is 550. The molecule has 0 unspecified atom stereocenters. The molecule has 1 aromatic heterocycles. The molecular formula is C12H12F2N2. The molecule has 2 N–H and O–H groups in total. The van der Waals surface area contributed by atoms with Crippen molar-refractivity contribution in [3.63, 3.8) is 0 Å². The predicted octanol–water partition coefficient (Wildman–Crippen LogP) is 3.22. The first-order chi connectivity index (χ1) is 7.50. The Labute approximate surface area is 92.1 Å². The van der Waals surface area contributed by atoms with E-state index in [4.69, 9.17) is 5.73 Å². The zero-order chi connectivity index (χ0) is 11.9. The molecule has 0 aliphatic rings. The topological polar surface area (TPSA) is 38.9 Å². The largest absolute Gasteiger partial charge is 0.384 e. The highest BCUT2D eigenvalue weighted by atomic mass is 19.1. The molecule has 0 saturated heterocycles. The third kappa shape index (κ3) is 1.60. The molecule has 0 amide bonds. The van der Waals surface area contributed by atoms with Gasteiger partial charge in [-0.2, -0.15) is 0 Å². The Balaban J connectivity index is 2.92. The molecule has 0 fully saturated rings.